The van der Waals surface area contributed by atoms with Crippen LogP contribution in [0.4, 0.5) is 0 Å². The van der Waals surface area contributed by atoms with E-state index in [4.69, 9.17) is 28.3 Å². The fourth-order valence-electron chi connectivity index (χ4n) is 2.28. The number of hydrogen-bond acceptors (Lipinski definition) is 2. The van der Waals surface area contributed by atoms with Gasteiger partial charge in [-0.2, -0.15) is 0 Å². The van der Waals surface area contributed by atoms with Crippen LogP contribution in [0.25, 0.3) is 0 Å². The van der Waals surface area contributed by atoms with Crippen LogP contribution < -0.4 is 0 Å². The SMILES string of the molecule is O=C(O)CCCN1CCc2cc(Cl)cc(Cl)c2C1. The van der Waals surface area contributed by atoms with Gasteiger partial charge in [0.05, 0.1) is 0 Å². The number of fused-ring (bicyclic) bond motifs is 1. The minimum Gasteiger partial charge on any atom is -0.481 e. The van der Waals surface area contributed by atoms with E-state index < -0.39 is 5.97 Å². The highest BCUT2D eigenvalue weighted by Gasteiger charge is 2.19. The van der Waals surface area contributed by atoms with E-state index in [9.17, 15) is 4.79 Å². The lowest BCUT2D eigenvalue weighted by molar-refractivity contribution is -0.137. The number of carboxylic acid groups (broad SMARTS) is 1. The van der Waals surface area contributed by atoms with Crippen molar-refractivity contribution in [3.8, 4) is 0 Å². The smallest absolute Gasteiger partial charge is 0.303 e. The summed E-state index contributed by atoms with van der Waals surface area (Å²) < 4.78 is 0. The molecule has 0 unspecified atom stereocenters. The molecule has 0 aromatic heterocycles. The molecule has 98 valence electrons. The van der Waals surface area contributed by atoms with Crippen LogP contribution in [-0.4, -0.2) is 29.1 Å². The Labute approximate surface area is 116 Å². The van der Waals surface area contributed by atoms with Gasteiger partial charge in [-0.05, 0) is 42.6 Å². The number of carboxylic acids is 1. The Morgan fingerprint density at radius 1 is 1.39 bits per heavy atom. The second-order valence-corrected chi connectivity index (χ2v) is 5.39. The number of carbonyl (C=O) groups is 1. The van der Waals surface area contributed by atoms with Crippen LogP contribution in [0, 0.1) is 0 Å². The molecular formula is C13H15Cl2NO2. The number of benzene rings is 1. The molecule has 2 rings (SSSR count). The van der Waals surface area contributed by atoms with E-state index in [1.807, 2.05) is 6.07 Å². The summed E-state index contributed by atoms with van der Waals surface area (Å²) >= 11 is 12.2. The molecule has 1 aliphatic rings. The molecule has 0 saturated carbocycles. The highest BCUT2D eigenvalue weighted by Crippen LogP contribution is 2.29. The summed E-state index contributed by atoms with van der Waals surface area (Å²) in [6.07, 6.45) is 1.82. The first-order chi connectivity index (χ1) is 8.56. The molecule has 0 saturated heterocycles. The summed E-state index contributed by atoms with van der Waals surface area (Å²) in [5.74, 6) is -0.739. The molecule has 1 heterocycles. The summed E-state index contributed by atoms with van der Waals surface area (Å²) in [6.45, 7) is 2.51. The lowest BCUT2D eigenvalue weighted by atomic mass is 9.99. The zero-order valence-corrected chi connectivity index (χ0v) is 11.5. The maximum absolute atomic E-state index is 10.5. The van der Waals surface area contributed by atoms with Crippen LogP contribution in [0.15, 0.2) is 12.1 Å². The van der Waals surface area contributed by atoms with Gasteiger partial charge in [-0.3, -0.25) is 9.69 Å². The van der Waals surface area contributed by atoms with E-state index in [0.29, 0.717) is 16.5 Å². The Balaban J connectivity index is 1.99. The van der Waals surface area contributed by atoms with Crippen LogP contribution in [0.2, 0.25) is 10.0 Å². The van der Waals surface area contributed by atoms with Gasteiger partial charge in [-0.15, -0.1) is 0 Å². The van der Waals surface area contributed by atoms with Gasteiger partial charge in [0.1, 0.15) is 0 Å². The van der Waals surface area contributed by atoms with E-state index in [1.54, 1.807) is 6.07 Å². The van der Waals surface area contributed by atoms with Crippen molar-refractivity contribution in [2.24, 2.45) is 0 Å². The number of rotatable bonds is 4. The average Bonchev–Trinajstić information content (AvgIpc) is 2.29. The molecule has 0 atom stereocenters. The molecule has 0 spiro atoms. The van der Waals surface area contributed by atoms with Crippen molar-refractivity contribution in [3.63, 3.8) is 0 Å². The first kappa shape index (κ1) is 13.7. The minimum absolute atomic E-state index is 0.220. The normalized spacial score (nSPS) is 15.4. The maximum Gasteiger partial charge on any atom is 0.303 e. The van der Waals surface area contributed by atoms with E-state index in [0.717, 1.165) is 31.6 Å². The highest BCUT2D eigenvalue weighted by atomic mass is 35.5. The Kier molecular flexibility index (Phi) is 4.49. The third-order valence-electron chi connectivity index (χ3n) is 3.20. The second-order valence-electron chi connectivity index (χ2n) is 4.55. The van der Waals surface area contributed by atoms with Crippen LogP contribution >= 0.6 is 23.2 Å². The molecule has 0 amide bonds. The molecule has 0 aliphatic carbocycles. The van der Waals surface area contributed by atoms with Crippen LogP contribution in [0.3, 0.4) is 0 Å². The van der Waals surface area contributed by atoms with Crippen molar-refractivity contribution in [1.82, 2.24) is 4.90 Å². The van der Waals surface area contributed by atoms with Crippen molar-refractivity contribution in [2.45, 2.75) is 25.8 Å². The highest BCUT2D eigenvalue weighted by molar-refractivity contribution is 6.35. The Bertz CT molecular complexity index is 463. The van der Waals surface area contributed by atoms with E-state index in [-0.39, 0.29) is 6.42 Å². The van der Waals surface area contributed by atoms with E-state index in [1.165, 1.54) is 5.56 Å². The van der Waals surface area contributed by atoms with Gasteiger partial charge in [0.25, 0.3) is 0 Å². The number of halogens is 2. The number of nitrogens with zero attached hydrogens (tertiary/aromatic N) is 1. The topological polar surface area (TPSA) is 40.5 Å². The third-order valence-corrected chi connectivity index (χ3v) is 3.75. The molecule has 3 nitrogen and oxygen atoms in total. The van der Waals surface area contributed by atoms with Crippen LogP contribution in [-0.2, 0) is 17.8 Å². The van der Waals surface area contributed by atoms with E-state index >= 15 is 0 Å². The van der Waals surface area contributed by atoms with Gasteiger partial charge in [-0.25, -0.2) is 0 Å². The summed E-state index contributed by atoms with van der Waals surface area (Å²) in [6, 6.07) is 3.74. The van der Waals surface area contributed by atoms with Crippen LogP contribution in [0.1, 0.15) is 24.0 Å². The van der Waals surface area contributed by atoms with Gasteiger partial charge in [0, 0.05) is 29.6 Å². The lowest BCUT2D eigenvalue weighted by Crippen LogP contribution is -2.31. The first-order valence-electron chi connectivity index (χ1n) is 5.97. The molecular weight excluding hydrogens is 273 g/mol. The molecule has 1 aromatic rings. The Morgan fingerprint density at radius 3 is 2.89 bits per heavy atom. The fraction of sp³-hybridized carbons (Fsp3) is 0.462. The van der Waals surface area contributed by atoms with Gasteiger partial charge in [-0.1, -0.05) is 23.2 Å². The van der Waals surface area contributed by atoms with Crippen molar-refractivity contribution < 1.29 is 9.90 Å². The molecule has 1 aromatic carbocycles. The molecule has 1 aliphatic heterocycles. The Hall–Kier alpha value is -0.770. The zero-order valence-electron chi connectivity index (χ0n) is 9.96. The van der Waals surface area contributed by atoms with Crippen molar-refractivity contribution >= 4 is 29.2 Å². The van der Waals surface area contributed by atoms with Gasteiger partial charge < -0.3 is 5.11 Å². The number of aliphatic carboxylic acids is 1. The summed E-state index contributed by atoms with van der Waals surface area (Å²) in [7, 11) is 0. The van der Waals surface area contributed by atoms with Gasteiger partial charge in [0.15, 0.2) is 0 Å². The summed E-state index contributed by atoms with van der Waals surface area (Å²) in [5, 5.41) is 10.0. The predicted molar refractivity (Wildman–Crippen MR) is 72.3 cm³/mol. The van der Waals surface area contributed by atoms with Crippen molar-refractivity contribution in [1.29, 1.82) is 0 Å². The lowest BCUT2D eigenvalue weighted by Gasteiger charge is -2.29. The minimum atomic E-state index is -0.739. The number of hydrogen-bond donors (Lipinski definition) is 1. The van der Waals surface area contributed by atoms with Gasteiger partial charge >= 0.3 is 5.97 Å². The molecule has 0 radical (unpaired) electrons. The molecule has 0 bridgehead atoms. The molecule has 18 heavy (non-hydrogen) atoms. The maximum atomic E-state index is 10.5. The average molecular weight is 288 g/mol. The monoisotopic (exact) mass is 287 g/mol. The largest absolute Gasteiger partial charge is 0.481 e. The quantitative estimate of drug-likeness (QED) is 0.924. The fourth-order valence-corrected chi connectivity index (χ4v) is 2.88. The Morgan fingerprint density at radius 2 is 2.17 bits per heavy atom. The predicted octanol–water partition coefficient (Wildman–Crippen LogP) is 3.22. The standard InChI is InChI=1S/C13H15Cl2NO2/c14-10-6-9-3-5-16(4-1-2-13(17)18)8-11(9)12(15)7-10/h6-7H,1-5,8H2,(H,17,18). The molecule has 0 fully saturated rings. The zero-order chi connectivity index (χ0) is 13.1. The summed E-state index contributed by atoms with van der Waals surface area (Å²) in [5.41, 5.74) is 2.34. The van der Waals surface area contributed by atoms with Crippen molar-refractivity contribution in [3.05, 3.63) is 33.3 Å². The van der Waals surface area contributed by atoms with E-state index in [2.05, 4.69) is 4.90 Å². The first-order valence-corrected chi connectivity index (χ1v) is 6.73. The molecule has 1 N–H and O–H groups in total. The van der Waals surface area contributed by atoms with Gasteiger partial charge in [0.2, 0.25) is 0 Å². The third kappa shape index (κ3) is 3.37. The molecule has 5 heteroatoms. The van der Waals surface area contributed by atoms with Crippen LogP contribution in [0.5, 0.6) is 0 Å². The van der Waals surface area contributed by atoms with Crippen molar-refractivity contribution in [2.75, 3.05) is 13.1 Å². The second kappa shape index (κ2) is 5.91. The summed E-state index contributed by atoms with van der Waals surface area (Å²) in [4.78, 5) is 12.7.